The Kier molecular flexibility index (Phi) is 36.5. The highest BCUT2D eigenvalue weighted by Crippen LogP contribution is 2.19. The normalized spacial score (nSPS) is 12.6. The van der Waals surface area contributed by atoms with E-state index in [9.17, 15) is 0 Å². The van der Waals surface area contributed by atoms with Crippen LogP contribution in [-0.2, 0) is 0 Å². The van der Waals surface area contributed by atoms with E-state index < -0.39 is 0 Å². The van der Waals surface area contributed by atoms with Crippen molar-refractivity contribution >= 4 is 0 Å². The molecule has 0 rings (SSSR count). The summed E-state index contributed by atoms with van der Waals surface area (Å²) in [6.07, 6.45) is 54.3. The summed E-state index contributed by atoms with van der Waals surface area (Å²) < 4.78 is 0. The lowest BCUT2D eigenvalue weighted by Crippen LogP contribution is -1.95. The number of hydrogen-bond donors (Lipinski definition) is 0. The minimum absolute atomic E-state index is 0.959. The second kappa shape index (κ2) is 36.8. The Bertz CT molecular complexity index is 449. The molecule has 0 aliphatic rings. The number of hydrogen-bond acceptors (Lipinski definition) is 0. The highest BCUT2D eigenvalue weighted by atomic mass is 14.1. The van der Waals surface area contributed by atoms with E-state index in [1.807, 2.05) is 0 Å². The minimum Gasteiger partial charge on any atom is -0.0885 e. The van der Waals surface area contributed by atoms with Gasteiger partial charge in [-0.2, -0.15) is 0 Å². The van der Waals surface area contributed by atoms with Gasteiger partial charge >= 0.3 is 0 Å². The van der Waals surface area contributed by atoms with Crippen LogP contribution in [0.15, 0.2) is 12.2 Å². The van der Waals surface area contributed by atoms with E-state index in [1.165, 1.54) is 218 Å². The van der Waals surface area contributed by atoms with Gasteiger partial charge in [-0.15, -0.1) is 0 Å². The quantitative estimate of drug-likeness (QED) is 0.0534. The van der Waals surface area contributed by atoms with Gasteiger partial charge in [-0.1, -0.05) is 226 Å². The summed E-state index contributed by atoms with van der Waals surface area (Å²) in [4.78, 5) is 0. The van der Waals surface area contributed by atoms with E-state index in [4.69, 9.17) is 0 Å². The van der Waals surface area contributed by atoms with E-state index >= 15 is 0 Å². The molecule has 0 amide bonds. The minimum atomic E-state index is 0.959. The van der Waals surface area contributed by atoms with Crippen molar-refractivity contribution in [1.29, 1.82) is 0 Å². The topological polar surface area (TPSA) is 0 Å². The van der Waals surface area contributed by atoms with Crippen molar-refractivity contribution in [2.45, 2.75) is 239 Å². The van der Waals surface area contributed by atoms with Gasteiger partial charge in [0, 0.05) is 0 Å². The van der Waals surface area contributed by atoms with Crippen LogP contribution < -0.4 is 0 Å². The highest BCUT2D eigenvalue weighted by Gasteiger charge is 2.02. The molecule has 0 spiro atoms. The Labute approximate surface area is 256 Å². The van der Waals surface area contributed by atoms with Gasteiger partial charge in [-0.25, -0.2) is 0 Å². The maximum absolute atomic E-state index is 2.50. The molecule has 40 heavy (non-hydrogen) atoms. The second-order valence-electron chi connectivity index (χ2n) is 13.6. The molecular formula is C40H80. The maximum Gasteiger partial charge on any atom is -0.0351 e. The van der Waals surface area contributed by atoms with Gasteiger partial charge in [-0.3, -0.25) is 0 Å². The third-order valence-corrected chi connectivity index (χ3v) is 9.26. The summed E-state index contributed by atoms with van der Waals surface area (Å²) in [7, 11) is 0. The smallest absolute Gasteiger partial charge is 0.0351 e. The zero-order chi connectivity index (χ0) is 29.0. The molecule has 0 saturated heterocycles. The Morgan fingerprint density at radius 1 is 0.300 bits per heavy atom. The monoisotopic (exact) mass is 561 g/mol. The van der Waals surface area contributed by atoms with Crippen LogP contribution in [0.4, 0.5) is 0 Å². The van der Waals surface area contributed by atoms with E-state index in [0.29, 0.717) is 0 Å². The van der Waals surface area contributed by atoms with Gasteiger partial charge in [0.05, 0.1) is 0 Å². The lowest BCUT2D eigenvalue weighted by atomic mass is 9.95. The number of rotatable bonds is 35. The van der Waals surface area contributed by atoms with Crippen molar-refractivity contribution in [3.8, 4) is 0 Å². The molecule has 0 aliphatic heterocycles. The molecule has 0 fully saturated rings. The van der Waals surface area contributed by atoms with Crippen LogP contribution in [0, 0.1) is 5.92 Å². The number of allylic oxidation sites excluding steroid dienone is 2. The third-order valence-electron chi connectivity index (χ3n) is 9.26. The first kappa shape index (κ1) is 39.7. The zero-order valence-electron chi connectivity index (χ0n) is 28.8. The SMILES string of the molecule is CCCCCCCCCCCCCCC/C=C/CCCCCCCCCC(C)CCCCCCCCCCCC. The number of unbranched alkanes of at least 4 members (excludes halogenated alkanes) is 29. The van der Waals surface area contributed by atoms with Crippen molar-refractivity contribution < 1.29 is 0 Å². The third kappa shape index (κ3) is 35.8. The van der Waals surface area contributed by atoms with Crippen molar-refractivity contribution in [2.24, 2.45) is 5.92 Å². The van der Waals surface area contributed by atoms with Gasteiger partial charge in [0.2, 0.25) is 0 Å². The first-order valence-electron chi connectivity index (χ1n) is 19.5. The fraction of sp³-hybridized carbons (Fsp3) is 0.950. The molecule has 0 heteroatoms. The van der Waals surface area contributed by atoms with E-state index in [1.54, 1.807) is 0 Å². The lowest BCUT2D eigenvalue weighted by Gasteiger charge is -2.11. The Morgan fingerprint density at radius 3 is 0.800 bits per heavy atom. The van der Waals surface area contributed by atoms with Crippen molar-refractivity contribution in [3.63, 3.8) is 0 Å². The average Bonchev–Trinajstić information content (AvgIpc) is 2.96. The van der Waals surface area contributed by atoms with Crippen molar-refractivity contribution in [2.75, 3.05) is 0 Å². The lowest BCUT2D eigenvalue weighted by molar-refractivity contribution is 0.430. The molecule has 1 atom stereocenters. The fourth-order valence-electron chi connectivity index (χ4n) is 6.28. The van der Waals surface area contributed by atoms with Crippen LogP contribution in [-0.4, -0.2) is 0 Å². The van der Waals surface area contributed by atoms with Gasteiger partial charge in [0.25, 0.3) is 0 Å². The van der Waals surface area contributed by atoms with Crippen LogP contribution in [0.3, 0.4) is 0 Å². The van der Waals surface area contributed by atoms with Gasteiger partial charge < -0.3 is 0 Å². The molecule has 240 valence electrons. The van der Waals surface area contributed by atoms with E-state index in [2.05, 4.69) is 32.9 Å². The first-order chi connectivity index (χ1) is 19.8. The molecule has 0 radical (unpaired) electrons. The molecule has 0 aromatic carbocycles. The summed E-state index contributed by atoms with van der Waals surface area (Å²) in [6, 6.07) is 0. The van der Waals surface area contributed by atoms with Crippen LogP contribution >= 0.6 is 0 Å². The zero-order valence-corrected chi connectivity index (χ0v) is 28.8. The molecular weight excluding hydrogens is 480 g/mol. The van der Waals surface area contributed by atoms with E-state index in [0.717, 1.165) is 5.92 Å². The molecule has 1 unspecified atom stereocenters. The second-order valence-corrected chi connectivity index (χ2v) is 13.6. The molecule has 0 nitrogen and oxygen atoms in total. The Hall–Kier alpha value is -0.260. The summed E-state index contributed by atoms with van der Waals surface area (Å²) in [5, 5.41) is 0. The summed E-state index contributed by atoms with van der Waals surface area (Å²) >= 11 is 0. The van der Waals surface area contributed by atoms with Crippen LogP contribution in [0.25, 0.3) is 0 Å². The predicted octanol–water partition coefficient (Wildman–Crippen LogP) is 15.5. The van der Waals surface area contributed by atoms with Gasteiger partial charge in [0.1, 0.15) is 0 Å². The summed E-state index contributed by atoms with van der Waals surface area (Å²) in [5.74, 6) is 0.959. The molecule has 0 bridgehead atoms. The molecule has 0 aromatic rings. The molecule has 0 saturated carbocycles. The highest BCUT2D eigenvalue weighted by molar-refractivity contribution is 4.81. The molecule has 0 heterocycles. The Morgan fingerprint density at radius 2 is 0.525 bits per heavy atom. The predicted molar refractivity (Wildman–Crippen MR) is 187 cm³/mol. The molecule has 0 aliphatic carbocycles. The standard InChI is InChI=1S/C40H80/c1-4-6-8-10-12-14-16-17-18-19-20-21-22-23-24-25-26-27-28-29-31-33-35-37-39-40(3)38-36-34-32-30-15-13-11-9-7-5-2/h24-25,40H,4-23,26-39H2,1-3H3/b25-24+. The van der Waals surface area contributed by atoms with Crippen molar-refractivity contribution in [1.82, 2.24) is 0 Å². The molecule has 0 aromatic heterocycles. The summed E-state index contributed by atoms with van der Waals surface area (Å²) in [6.45, 7) is 7.11. The largest absolute Gasteiger partial charge is 0.0885 e. The summed E-state index contributed by atoms with van der Waals surface area (Å²) in [5.41, 5.74) is 0. The van der Waals surface area contributed by atoms with Crippen LogP contribution in [0.2, 0.25) is 0 Å². The molecule has 0 N–H and O–H groups in total. The van der Waals surface area contributed by atoms with Crippen LogP contribution in [0.5, 0.6) is 0 Å². The Balaban J connectivity index is 3.17. The fourth-order valence-corrected chi connectivity index (χ4v) is 6.28. The van der Waals surface area contributed by atoms with Gasteiger partial charge in [-0.05, 0) is 31.6 Å². The van der Waals surface area contributed by atoms with Crippen LogP contribution in [0.1, 0.15) is 239 Å². The van der Waals surface area contributed by atoms with E-state index in [-0.39, 0.29) is 0 Å². The van der Waals surface area contributed by atoms with Crippen molar-refractivity contribution in [3.05, 3.63) is 12.2 Å². The average molecular weight is 561 g/mol. The maximum atomic E-state index is 2.50. The first-order valence-corrected chi connectivity index (χ1v) is 19.5. The van der Waals surface area contributed by atoms with Gasteiger partial charge in [0.15, 0.2) is 0 Å².